The van der Waals surface area contributed by atoms with E-state index < -0.39 is 5.97 Å². The van der Waals surface area contributed by atoms with E-state index in [9.17, 15) is 4.79 Å². The maximum absolute atomic E-state index is 11.1. The number of unbranched alkanes of at least 4 members (excludes halogenated alkanes) is 1. The second-order valence-electron chi connectivity index (χ2n) is 3.99. The standard InChI is InChI=1S/C14H23NO4/c1-4-13(18-5-2)11-17-8-6-7-9-19-14(16)12(3)10-15/h13H,3-9,11H2,1-2H3. The lowest BCUT2D eigenvalue weighted by molar-refractivity contribution is -0.138. The van der Waals surface area contributed by atoms with Crippen LogP contribution in [0.3, 0.4) is 0 Å². The normalized spacial score (nSPS) is 11.6. The predicted octanol–water partition coefficient (Wildman–Crippen LogP) is 2.22. The third-order valence-corrected chi connectivity index (χ3v) is 2.46. The molecule has 0 aromatic carbocycles. The number of nitriles is 1. The minimum absolute atomic E-state index is 0.154. The molecule has 108 valence electrons. The average Bonchev–Trinajstić information content (AvgIpc) is 2.43. The number of carbonyl (C=O) groups is 1. The summed E-state index contributed by atoms with van der Waals surface area (Å²) in [5.74, 6) is -0.647. The summed E-state index contributed by atoms with van der Waals surface area (Å²) < 4.78 is 15.8. The van der Waals surface area contributed by atoms with Crippen molar-refractivity contribution in [2.75, 3.05) is 26.4 Å². The van der Waals surface area contributed by atoms with Crippen LogP contribution in [-0.2, 0) is 19.0 Å². The van der Waals surface area contributed by atoms with Crippen molar-refractivity contribution in [2.24, 2.45) is 0 Å². The van der Waals surface area contributed by atoms with Gasteiger partial charge in [-0.3, -0.25) is 0 Å². The van der Waals surface area contributed by atoms with Crippen LogP contribution in [0, 0.1) is 11.3 Å². The van der Waals surface area contributed by atoms with E-state index in [2.05, 4.69) is 13.5 Å². The van der Waals surface area contributed by atoms with Gasteiger partial charge in [0.1, 0.15) is 11.6 Å². The lowest BCUT2D eigenvalue weighted by Crippen LogP contribution is -2.19. The number of hydrogen-bond donors (Lipinski definition) is 0. The molecule has 0 N–H and O–H groups in total. The van der Waals surface area contributed by atoms with Crippen LogP contribution in [0.4, 0.5) is 0 Å². The maximum Gasteiger partial charge on any atom is 0.348 e. The molecular formula is C14H23NO4. The molecule has 0 saturated carbocycles. The van der Waals surface area contributed by atoms with Gasteiger partial charge in [-0.15, -0.1) is 0 Å². The van der Waals surface area contributed by atoms with E-state index in [-0.39, 0.29) is 18.3 Å². The highest BCUT2D eigenvalue weighted by Crippen LogP contribution is 2.01. The fraction of sp³-hybridized carbons (Fsp3) is 0.714. The lowest BCUT2D eigenvalue weighted by Gasteiger charge is -2.14. The molecule has 0 aliphatic rings. The maximum atomic E-state index is 11.1. The van der Waals surface area contributed by atoms with Crippen molar-refractivity contribution in [2.45, 2.75) is 39.2 Å². The molecule has 5 nitrogen and oxygen atoms in total. The molecule has 0 aliphatic carbocycles. The second-order valence-corrected chi connectivity index (χ2v) is 3.99. The molecule has 0 saturated heterocycles. The topological polar surface area (TPSA) is 68.6 Å². The van der Waals surface area contributed by atoms with Gasteiger partial charge < -0.3 is 14.2 Å². The van der Waals surface area contributed by atoms with Crippen molar-refractivity contribution < 1.29 is 19.0 Å². The number of esters is 1. The summed E-state index contributed by atoms with van der Waals surface area (Å²) in [5.41, 5.74) is -0.168. The largest absolute Gasteiger partial charge is 0.462 e. The Morgan fingerprint density at radius 3 is 2.58 bits per heavy atom. The summed E-state index contributed by atoms with van der Waals surface area (Å²) in [4.78, 5) is 11.1. The second kappa shape index (κ2) is 11.7. The van der Waals surface area contributed by atoms with E-state index in [4.69, 9.17) is 19.5 Å². The molecule has 0 bridgehead atoms. The third kappa shape index (κ3) is 9.23. The number of carbonyl (C=O) groups excluding carboxylic acids is 1. The molecule has 0 heterocycles. The van der Waals surface area contributed by atoms with Gasteiger partial charge in [0.25, 0.3) is 0 Å². The van der Waals surface area contributed by atoms with Crippen LogP contribution in [0.2, 0.25) is 0 Å². The van der Waals surface area contributed by atoms with Crippen LogP contribution < -0.4 is 0 Å². The van der Waals surface area contributed by atoms with Gasteiger partial charge in [-0.1, -0.05) is 13.5 Å². The van der Waals surface area contributed by atoms with Gasteiger partial charge in [0, 0.05) is 13.2 Å². The fourth-order valence-corrected chi connectivity index (χ4v) is 1.34. The van der Waals surface area contributed by atoms with Crippen LogP contribution in [0.5, 0.6) is 0 Å². The highest BCUT2D eigenvalue weighted by Gasteiger charge is 2.07. The van der Waals surface area contributed by atoms with Crippen LogP contribution >= 0.6 is 0 Å². The number of ether oxygens (including phenoxy) is 3. The van der Waals surface area contributed by atoms with Crippen LogP contribution in [0.1, 0.15) is 33.1 Å². The van der Waals surface area contributed by atoms with E-state index in [1.807, 2.05) is 6.92 Å². The molecule has 0 rings (SSSR count). The molecule has 0 amide bonds. The summed E-state index contributed by atoms with van der Waals surface area (Å²) in [6.45, 7) is 9.48. The van der Waals surface area contributed by atoms with E-state index in [1.54, 1.807) is 6.07 Å². The molecule has 1 atom stereocenters. The van der Waals surface area contributed by atoms with Crippen molar-refractivity contribution in [1.82, 2.24) is 0 Å². The van der Waals surface area contributed by atoms with E-state index in [1.165, 1.54) is 0 Å². The highest BCUT2D eigenvalue weighted by molar-refractivity contribution is 5.91. The Kier molecular flexibility index (Phi) is 10.8. The Labute approximate surface area is 115 Å². The molecule has 0 radical (unpaired) electrons. The molecule has 0 aromatic heterocycles. The monoisotopic (exact) mass is 269 g/mol. The molecule has 0 aromatic rings. The average molecular weight is 269 g/mol. The van der Waals surface area contributed by atoms with Crippen LogP contribution in [0.25, 0.3) is 0 Å². The molecule has 0 aliphatic heterocycles. The van der Waals surface area contributed by atoms with Crippen molar-refractivity contribution >= 4 is 5.97 Å². The summed E-state index contributed by atoms with van der Waals surface area (Å²) in [7, 11) is 0. The van der Waals surface area contributed by atoms with E-state index in [0.717, 1.165) is 12.8 Å². The fourth-order valence-electron chi connectivity index (χ4n) is 1.34. The third-order valence-electron chi connectivity index (χ3n) is 2.46. The first-order valence-electron chi connectivity index (χ1n) is 6.61. The molecular weight excluding hydrogens is 246 g/mol. The zero-order valence-corrected chi connectivity index (χ0v) is 11.8. The molecule has 1 unspecified atom stereocenters. The molecule has 0 fully saturated rings. The Bertz CT molecular complexity index is 309. The molecule has 19 heavy (non-hydrogen) atoms. The Hall–Kier alpha value is -1.38. The minimum atomic E-state index is -0.647. The highest BCUT2D eigenvalue weighted by atomic mass is 16.5. The van der Waals surface area contributed by atoms with E-state index in [0.29, 0.717) is 26.2 Å². The molecule has 0 spiro atoms. The van der Waals surface area contributed by atoms with Gasteiger partial charge >= 0.3 is 5.97 Å². The van der Waals surface area contributed by atoms with E-state index >= 15 is 0 Å². The SMILES string of the molecule is C=C(C#N)C(=O)OCCCCOCC(CC)OCC. The quantitative estimate of drug-likeness (QED) is 0.249. The Balaban J connectivity index is 3.43. The Morgan fingerprint density at radius 1 is 1.32 bits per heavy atom. The van der Waals surface area contributed by atoms with Crippen molar-refractivity contribution in [1.29, 1.82) is 5.26 Å². The van der Waals surface area contributed by atoms with Crippen molar-refractivity contribution in [3.05, 3.63) is 12.2 Å². The first kappa shape index (κ1) is 17.6. The zero-order chi connectivity index (χ0) is 14.5. The summed E-state index contributed by atoms with van der Waals surface area (Å²) in [5, 5.41) is 8.41. The van der Waals surface area contributed by atoms with Crippen molar-refractivity contribution in [3.63, 3.8) is 0 Å². The number of rotatable bonds is 11. The minimum Gasteiger partial charge on any atom is -0.462 e. The summed E-state index contributed by atoms with van der Waals surface area (Å²) in [6, 6.07) is 1.65. The number of hydrogen-bond acceptors (Lipinski definition) is 5. The summed E-state index contributed by atoms with van der Waals surface area (Å²) >= 11 is 0. The van der Waals surface area contributed by atoms with Crippen LogP contribution in [0.15, 0.2) is 12.2 Å². The first-order valence-corrected chi connectivity index (χ1v) is 6.61. The first-order chi connectivity index (χ1) is 9.15. The Morgan fingerprint density at radius 2 is 2.00 bits per heavy atom. The zero-order valence-electron chi connectivity index (χ0n) is 11.8. The molecule has 5 heteroatoms. The number of nitrogens with zero attached hydrogens (tertiary/aromatic N) is 1. The predicted molar refractivity (Wildman–Crippen MR) is 71.5 cm³/mol. The van der Waals surface area contributed by atoms with Crippen molar-refractivity contribution in [3.8, 4) is 6.07 Å². The van der Waals surface area contributed by atoms with Crippen LogP contribution in [-0.4, -0.2) is 38.5 Å². The van der Waals surface area contributed by atoms with Gasteiger partial charge in [0.2, 0.25) is 0 Å². The summed E-state index contributed by atoms with van der Waals surface area (Å²) in [6.07, 6.45) is 2.59. The van der Waals surface area contributed by atoms with Gasteiger partial charge in [0.05, 0.1) is 19.3 Å². The smallest absolute Gasteiger partial charge is 0.348 e. The van der Waals surface area contributed by atoms with Gasteiger partial charge in [-0.25, -0.2) is 4.79 Å². The lowest BCUT2D eigenvalue weighted by atomic mass is 10.3. The van der Waals surface area contributed by atoms with Gasteiger partial charge in [0.15, 0.2) is 0 Å². The van der Waals surface area contributed by atoms with Gasteiger partial charge in [-0.2, -0.15) is 5.26 Å². The van der Waals surface area contributed by atoms with Gasteiger partial charge in [-0.05, 0) is 26.2 Å².